The maximum atomic E-state index is 11.6. The minimum absolute atomic E-state index is 0.228. The highest BCUT2D eigenvalue weighted by molar-refractivity contribution is 5.72. The Morgan fingerprint density at radius 3 is 2.58 bits per heavy atom. The molecule has 0 bridgehead atoms. The van der Waals surface area contributed by atoms with E-state index in [1.165, 1.54) is 24.0 Å². The molecule has 1 fully saturated rings. The zero-order valence-corrected chi connectivity index (χ0v) is 14.4. The Morgan fingerprint density at radius 2 is 1.88 bits per heavy atom. The summed E-state index contributed by atoms with van der Waals surface area (Å²) in [6.45, 7) is 4.36. The summed E-state index contributed by atoms with van der Waals surface area (Å²) >= 11 is 0. The van der Waals surface area contributed by atoms with Crippen molar-refractivity contribution in [3.05, 3.63) is 59.2 Å². The average molecular weight is 324 g/mol. The fraction of sp³-hybridized carbons (Fsp3) is 0.381. The van der Waals surface area contributed by atoms with Crippen LogP contribution in [0.1, 0.15) is 55.7 Å². The summed E-state index contributed by atoms with van der Waals surface area (Å²) in [5.74, 6) is 1.95. The lowest BCUT2D eigenvalue weighted by atomic mass is 10.0. The Balaban J connectivity index is 1.75. The first kappa shape index (κ1) is 16.6. The Morgan fingerprint density at radius 1 is 1.08 bits per heavy atom. The fourth-order valence-electron chi connectivity index (χ4n) is 2.74. The minimum atomic E-state index is -0.228. The number of aryl methyl sites for hydroxylation is 1. The summed E-state index contributed by atoms with van der Waals surface area (Å²) in [5.41, 5.74) is 3.56. The molecule has 3 rings (SSSR count). The second-order valence-electron chi connectivity index (χ2n) is 6.22. The van der Waals surface area contributed by atoms with Crippen LogP contribution in [0.25, 0.3) is 0 Å². The second kappa shape index (κ2) is 7.52. The van der Waals surface area contributed by atoms with Crippen LogP contribution in [0.2, 0.25) is 0 Å². The van der Waals surface area contributed by atoms with Gasteiger partial charge in [-0.05, 0) is 48.4 Å². The van der Waals surface area contributed by atoms with Gasteiger partial charge in [0.15, 0.2) is 0 Å². The highest BCUT2D eigenvalue weighted by atomic mass is 16.5. The van der Waals surface area contributed by atoms with Gasteiger partial charge in [0.2, 0.25) is 0 Å². The van der Waals surface area contributed by atoms with Gasteiger partial charge in [-0.15, -0.1) is 0 Å². The summed E-state index contributed by atoms with van der Waals surface area (Å²) in [6.07, 6.45) is 3.89. The maximum absolute atomic E-state index is 11.6. The molecule has 0 saturated heterocycles. The van der Waals surface area contributed by atoms with Gasteiger partial charge in [-0.2, -0.15) is 0 Å². The maximum Gasteiger partial charge on any atom is 0.310 e. The van der Waals surface area contributed by atoms with Crippen molar-refractivity contribution in [1.29, 1.82) is 0 Å². The predicted molar refractivity (Wildman–Crippen MR) is 94.5 cm³/mol. The minimum Gasteiger partial charge on any atom is -0.488 e. The number of carbonyl (C=O) groups excluding carboxylic acids is 1. The molecule has 126 valence electrons. The summed E-state index contributed by atoms with van der Waals surface area (Å²) in [5, 5.41) is 0. The van der Waals surface area contributed by atoms with Crippen LogP contribution >= 0.6 is 0 Å². The molecule has 0 atom stereocenters. The van der Waals surface area contributed by atoms with Crippen molar-refractivity contribution in [2.45, 2.75) is 52.1 Å². The van der Waals surface area contributed by atoms with Gasteiger partial charge < -0.3 is 9.47 Å². The molecule has 1 aliphatic rings. The first-order chi connectivity index (χ1) is 11.7. The van der Waals surface area contributed by atoms with E-state index < -0.39 is 0 Å². The molecular weight excluding hydrogens is 300 g/mol. The van der Waals surface area contributed by atoms with Gasteiger partial charge in [-0.25, -0.2) is 0 Å². The molecule has 0 radical (unpaired) electrons. The van der Waals surface area contributed by atoms with E-state index in [2.05, 4.69) is 25.1 Å². The van der Waals surface area contributed by atoms with E-state index in [0.29, 0.717) is 24.7 Å². The number of rotatable bonds is 7. The number of carbonyl (C=O) groups is 1. The third-order valence-corrected chi connectivity index (χ3v) is 4.37. The Labute approximate surface area is 143 Å². The van der Waals surface area contributed by atoms with Crippen LogP contribution in [-0.4, -0.2) is 5.97 Å². The normalized spacial score (nSPS) is 13.6. The van der Waals surface area contributed by atoms with E-state index in [1.807, 2.05) is 24.3 Å². The van der Waals surface area contributed by atoms with Gasteiger partial charge in [-0.3, -0.25) is 4.79 Å². The highest BCUT2D eigenvalue weighted by Gasteiger charge is 2.27. The molecule has 0 amide bonds. The van der Waals surface area contributed by atoms with Crippen molar-refractivity contribution in [1.82, 2.24) is 0 Å². The number of hydrogen-bond acceptors (Lipinski definition) is 3. The molecule has 2 aromatic carbocycles. The largest absolute Gasteiger partial charge is 0.488 e. The highest BCUT2D eigenvalue weighted by Crippen LogP contribution is 2.45. The van der Waals surface area contributed by atoms with Crippen molar-refractivity contribution in [2.75, 3.05) is 0 Å². The molecule has 0 unspecified atom stereocenters. The lowest BCUT2D eigenvalue weighted by Gasteiger charge is -2.14. The van der Waals surface area contributed by atoms with E-state index in [9.17, 15) is 4.79 Å². The standard InChI is InChI=1S/C21H24O3/c1-3-15-9-12-20(18(13-15)16-10-11-16)23-14-17-7-5-6-8-19(17)24-21(22)4-2/h5-9,12-13,16H,3-4,10-11,14H2,1-2H3. The third-order valence-electron chi connectivity index (χ3n) is 4.37. The summed E-state index contributed by atoms with van der Waals surface area (Å²) in [4.78, 5) is 11.6. The monoisotopic (exact) mass is 324 g/mol. The lowest BCUT2D eigenvalue weighted by molar-refractivity contribution is -0.134. The number of para-hydroxylation sites is 1. The molecule has 0 N–H and O–H groups in total. The van der Waals surface area contributed by atoms with Crippen LogP contribution in [0.3, 0.4) is 0 Å². The number of hydrogen-bond donors (Lipinski definition) is 0. The molecule has 3 nitrogen and oxygen atoms in total. The number of esters is 1. The molecule has 0 aromatic heterocycles. The SMILES string of the molecule is CCC(=O)Oc1ccccc1COc1ccc(CC)cc1C1CC1. The Kier molecular flexibility index (Phi) is 5.19. The summed E-state index contributed by atoms with van der Waals surface area (Å²) in [7, 11) is 0. The van der Waals surface area contributed by atoms with Gasteiger partial charge in [0.05, 0.1) is 0 Å². The van der Waals surface area contributed by atoms with Crippen LogP contribution in [-0.2, 0) is 17.8 Å². The van der Waals surface area contributed by atoms with Crippen LogP contribution in [0, 0.1) is 0 Å². The molecule has 0 spiro atoms. The lowest BCUT2D eigenvalue weighted by Crippen LogP contribution is -2.08. The zero-order chi connectivity index (χ0) is 16.9. The molecule has 0 heterocycles. The van der Waals surface area contributed by atoms with Gasteiger partial charge in [-0.1, -0.05) is 44.2 Å². The van der Waals surface area contributed by atoms with Crippen LogP contribution < -0.4 is 9.47 Å². The van der Waals surface area contributed by atoms with Crippen LogP contribution in [0.5, 0.6) is 11.5 Å². The fourth-order valence-corrected chi connectivity index (χ4v) is 2.74. The summed E-state index contributed by atoms with van der Waals surface area (Å²) in [6, 6.07) is 14.0. The van der Waals surface area contributed by atoms with Crippen molar-refractivity contribution < 1.29 is 14.3 Å². The molecule has 24 heavy (non-hydrogen) atoms. The van der Waals surface area contributed by atoms with Crippen molar-refractivity contribution in [3.8, 4) is 11.5 Å². The van der Waals surface area contributed by atoms with E-state index >= 15 is 0 Å². The van der Waals surface area contributed by atoms with Gasteiger partial charge >= 0.3 is 5.97 Å². The van der Waals surface area contributed by atoms with E-state index in [-0.39, 0.29) is 5.97 Å². The molecule has 1 saturated carbocycles. The molecule has 1 aliphatic carbocycles. The van der Waals surface area contributed by atoms with E-state index in [0.717, 1.165) is 17.7 Å². The van der Waals surface area contributed by atoms with Crippen LogP contribution in [0.15, 0.2) is 42.5 Å². The first-order valence-corrected chi connectivity index (χ1v) is 8.75. The Hall–Kier alpha value is -2.29. The first-order valence-electron chi connectivity index (χ1n) is 8.75. The average Bonchev–Trinajstić information content (AvgIpc) is 3.45. The molecular formula is C21H24O3. The molecule has 3 heteroatoms. The van der Waals surface area contributed by atoms with Crippen molar-refractivity contribution in [2.24, 2.45) is 0 Å². The second-order valence-corrected chi connectivity index (χ2v) is 6.22. The van der Waals surface area contributed by atoms with Gasteiger partial charge in [0.25, 0.3) is 0 Å². The van der Waals surface area contributed by atoms with Crippen LogP contribution in [0.4, 0.5) is 0 Å². The number of benzene rings is 2. The van der Waals surface area contributed by atoms with E-state index in [1.54, 1.807) is 6.92 Å². The number of ether oxygens (including phenoxy) is 2. The predicted octanol–water partition coefficient (Wildman–Crippen LogP) is 5.02. The van der Waals surface area contributed by atoms with Crippen molar-refractivity contribution in [3.63, 3.8) is 0 Å². The van der Waals surface area contributed by atoms with Gasteiger partial charge in [0, 0.05) is 12.0 Å². The molecule has 2 aromatic rings. The smallest absolute Gasteiger partial charge is 0.310 e. The Bertz CT molecular complexity index is 717. The molecule has 0 aliphatic heterocycles. The summed E-state index contributed by atoms with van der Waals surface area (Å²) < 4.78 is 11.5. The van der Waals surface area contributed by atoms with Crippen molar-refractivity contribution >= 4 is 5.97 Å². The van der Waals surface area contributed by atoms with Gasteiger partial charge in [0.1, 0.15) is 18.1 Å². The zero-order valence-electron chi connectivity index (χ0n) is 14.4. The topological polar surface area (TPSA) is 35.5 Å². The van der Waals surface area contributed by atoms with E-state index in [4.69, 9.17) is 9.47 Å². The quantitative estimate of drug-likeness (QED) is 0.530. The third kappa shape index (κ3) is 3.97.